The molecule has 0 saturated carbocycles. The minimum atomic E-state index is -4.74. The Hall–Kier alpha value is -2.55. The lowest BCUT2D eigenvalue weighted by atomic mass is 9.97. The third-order valence-corrected chi connectivity index (χ3v) is 6.55. The summed E-state index contributed by atoms with van der Waals surface area (Å²) in [6.45, 7) is 1.99. The summed E-state index contributed by atoms with van der Waals surface area (Å²) < 4.78 is 83.9. The molecule has 8 heteroatoms. The number of methoxy groups -OCH3 is 1. The van der Waals surface area contributed by atoms with Gasteiger partial charge in [-0.1, -0.05) is 36.4 Å². The van der Waals surface area contributed by atoms with Crippen molar-refractivity contribution in [3.63, 3.8) is 0 Å². The van der Waals surface area contributed by atoms with E-state index in [1.165, 1.54) is 6.07 Å². The monoisotopic (exact) mass is 508 g/mol. The molecule has 0 aromatic heterocycles. The molecule has 0 N–H and O–H groups in total. The first kappa shape index (κ1) is 26.5. The van der Waals surface area contributed by atoms with Crippen molar-refractivity contribution >= 4 is 10.8 Å². The maximum atomic E-state index is 15.1. The maximum absolute atomic E-state index is 15.1. The molecule has 3 nitrogen and oxygen atoms in total. The molecule has 1 aliphatic rings. The summed E-state index contributed by atoms with van der Waals surface area (Å²) in [5.41, 5.74) is 0.561. The van der Waals surface area contributed by atoms with Crippen LogP contribution in [0.2, 0.25) is 0 Å². The number of halogens is 5. The van der Waals surface area contributed by atoms with Gasteiger partial charge in [0.2, 0.25) is 0 Å². The highest BCUT2D eigenvalue weighted by Gasteiger charge is 2.33. The van der Waals surface area contributed by atoms with Crippen LogP contribution in [0.15, 0.2) is 48.5 Å². The molecule has 1 fully saturated rings. The van der Waals surface area contributed by atoms with Crippen LogP contribution in [0, 0.1) is 17.6 Å². The molecule has 3 aromatic carbocycles. The highest BCUT2D eigenvalue weighted by molar-refractivity contribution is 5.84. The van der Waals surface area contributed by atoms with Gasteiger partial charge in [-0.15, -0.1) is 0 Å². The van der Waals surface area contributed by atoms with Crippen LogP contribution in [0.3, 0.4) is 0 Å². The van der Waals surface area contributed by atoms with E-state index in [0.29, 0.717) is 48.7 Å². The number of aryl methyl sites for hydroxylation is 3. The average molecular weight is 509 g/mol. The number of hydrogen-bond acceptors (Lipinski definition) is 3. The third kappa shape index (κ3) is 6.60. The minimum absolute atomic E-state index is 0.225. The van der Waals surface area contributed by atoms with Crippen LogP contribution < -0.4 is 0 Å². The zero-order valence-electron chi connectivity index (χ0n) is 20.0. The van der Waals surface area contributed by atoms with E-state index in [1.54, 1.807) is 19.2 Å². The van der Waals surface area contributed by atoms with Gasteiger partial charge in [0.05, 0.1) is 18.8 Å². The Morgan fingerprint density at radius 1 is 0.861 bits per heavy atom. The van der Waals surface area contributed by atoms with Crippen LogP contribution in [-0.2, 0) is 39.6 Å². The summed E-state index contributed by atoms with van der Waals surface area (Å²) in [6, 6.07) is 11.9. The van der Waals surface area contributed by atoms with Crippen LogP contribution in [0.5, 0.6) is 0 Å². The number of fused-ring (bicyclic) bond motifs is 1. The highest BCUT2D eigenvalue weighted by Crippen LogP contribution is 2.32. The zero-order chi connectivity index (χ0) is 25.7. The molecule has 0 unspecified atom stereocenters. The number of hydrogen-bond donors (Lipinski definition) is 0. The maximum Gasteiger partial charge on any atom is 0.419 e. The Bertz CT molecular complexity index is 1170. The van der Waals surface area contributed by atoms with Gasteiger partial charge in [0.25, 0.3) is 0 Å². The first-order chi connectivity index (χ1) is 17.2. The Kier molecular flexibility index (Phi) is 8.59. The van der Waals surface area contributed by atoms with Gasteiger partial charge in [0, 0.05) is 31.4 Å². The van der Waals surface area contributed by atoms with Crippen molar-refractivity contribution in [3.8, 4) is 0 Å². The Morgan fingerprint density at radius 2 is 1.58 bits per heavy atom. The standard InChI is InChI=1S/C28H29F5O3/c1-34-13-12-20-16-35-26(36-17-20)11-5-18-3-9-23-22(14-18)8-7-21(27(23)30)6-2-19-4-10-24(25(29)15-19)28(31,32)33/h3-4,7-10,14-15,20,26H,2,5-6,11-13,16-17H2,1H3. The number of benzene rings is 3. The van der Waals surface area contributed by atoms with E-state index in [-0.39, 0.29) is 24.9 Å². The Balaban J connectivity index is 1.35. The fourth-order valence-electron chi connectivity index (χ4n) is 4.44. The van der Waals surface area contributed by atoms with Crippen LogP contribution in [0.4, 0.5) is 22.0 Å². The third-order valence-electron chi connectivity index (χ3n) is 6.55. The molecule has 194 valence electrons. The Morgan fingerprint density at radius 3 is 2.28 bits per heavy atom. The lowest BCUT2D eigenvalue weighted by molar-refractivity contribution is -0.204. The van der Waals surface area contributed by atoms with Crippen LogP contribution in [-0.4, -0.2) is 33.2 Å². The quantitative estimate of drug-likeness (QED) is 0.295. The molecule has 1 saturated heterocycles. The normalized spacial score (nSPS) is 18.6. The fraction of sp³-hybridized carbons (Fsp3) is 0.429. The van der Waals surface area contributed by atoms with Crippen molar-refractivity contribution in [2.24, 2.45) is 5.92 Å². The lowest BCUT2D eigenvalue weighted by Gasteiger charge is -2.29. The summed E-state index contributed by atoms with van der Waals surface area (Å²) in [6.07, 6.45) is -2.19. The predicted octanol–water partition coefficient (Wildman–Crippen LogP) is 6.88. The van der Waals surface area contributed by atoms with Crippen LogP contribution >= 0.6 is 0 Å². The van der Waals surface area contributed by atoms with Gasteiger partial charge >= 0.3 is 6.18 Å². The predicted molar refractivity (Wildman–Crippen MR) is 127 cm³/mol. The van der Waals surface area contributed by atoms with Crippen molar-refractivity contribution < 1.29 is 36.2 Å². The van der Waals surface area contributed by atoms with Crippen molar-refractivity contribution in [2.45, 2.75) is 44.6 Å². The van der Waals surface area contributed by atoms with Gasteiger partial charge in [-0.2, -0.15) is 13.2 Å². The van der Waals surface area contributed by atoms with E-state index < -0.39 is 17.6 Å². The van der Waals surface area contributed by atoms with Crippen LogP contribution in [0.1, 0.15) is 35.1 Å². The summed E-state index contributed by atoms with van der Waals surface area (Å²) in [5.74, 6) is -1.34. The van der Waals surface area contributed by atoms with E-state index in [1.807, 2.05) is 18.2 Å². The molecule has 0 atom stereocenters. The zero-order valence-corrected chi connectivity index (χ0v) is 20.0. The van der Waals surface area contributed by atoms with Gasteiger partial charge in [-0.05, 0) is 59.9 Å². The summed E-state index contributed by atoms with van der Waals surface area (Å²) in [4.78, 5) is 0. The van der Waals surface area contributed by atoms with Gasteiger partial charge in [0.15, 0.2) is 6.29 Å². The van der Waals surface area contributed by atoms with Crippen molar-refractivity contribution in [3.05, 3.63) is 82.4 Å². The summed E-state index contributed by atoms with van der Waals surface area (Å²) in [7, 11) is 1.68. The molecule has 4 rings (SSSR count). The van der Waals surface area contributed by atoms with Crippen molar-refractivity contribution in [2.75, 3.05) is 26.9 Å². The number of alkyl halides is 3. The van der Waals surface area contributed by atoms with E-state index in [9.17, 15) is 17.6 Å². The molecule has 0 bridgehead atoms. The molecule has 3 aromatic rings. The molecule has 0 radical (unpaired) electrons. The summed E-state index contributed by atoms with van der Waals surface area (Å²) in [5, 5.41) is 1.24. The molecule has 0 spiro atoms. The van der Waals surface area contributed by atoms with Gasteiger partial charge in [0.1, 0.15) is 11.6 Å². The van der Waals surface area contributed by atoms with Gasteiger partial charge in [-0.3, -0.25) is 0 Å². The van der Waals surface area contributed by atoms with Gasteiger partial charge < -0.3 is 14.2 Å². The first-order valence-electron chi connectivity index (χ1n) is 12.0. The topological polar surface area (TPSA) is 27.7 Å². The molecule has 36 heavy (non-hydrogen) atoms. The van der Waals surface area contributed by atoms with E-state index in [4.69, 9.17) is 14.2 Å². The van der Waals surface area contributed by atoms with Gasteiger partial charge in [-0.25, -0.2) is 8.78 Å². The molecule has 1 heterocycles. The van der Waals surface area contributed by atoms with E-state index in [0.717, 1.165) is 35.9 Å². The molecule has 0 aliphatic carbocycles. The molecule has 1 aliphatic heterocycles. The second kappa shape index (κ2) is 11.7. The fourth-order valence-corrected chi connectivity index (χ4v) is 4.44. The number of ether oxygens (including phenoxy) is 3. The highest BCUT2D eigenvalue weighted by atomic mass is 19.4. The smallest absolute Gasteiger partial charge is 0.385 e. The Labute approximate surface area is 207 Å². The SMILES string of the molecule is COCCC1COC(CCc2ccc3c(F)c(CCc4ccc(C(F)(F)F)c(F)c4)ccc3c2)OC1. The van der Waals surface area contributed by atoms with E-state index in [2.05, 4.69) is 0 Å². The minimum Gasteiger partial charge on any atom is -0.385 e. The van der Waals surface area contributed by atoms with Crippen molar-refractivity contribution in [1.29, 1.82) is 0 Å². The molecule has 0 amide bonds. The average Bonchev–Trinajstić information content (AvgIpc) is 2.85. The number of rotatable bonds is 9. The van der Waals surface area contributed by atoms with Crippen LogP contribution in [0.25, 0.3) is 10.8 Å². The van der Waals surface area contributed by atoms with Crippen molar-refractivity contribution in [1.82, 2.24) is 0 Å². The second-order valence-electron chi connectivity index (χ2n) is 9.19. The second-order valence-corrected chi connectivity index (χ2v) is 9.19. The molecular formula is C28H29F5O3. The largest absolute Gasteiger partial charge is 0.419 e. The lowest BCUT2D eigenvalue weighted by Crippen LogP contribution is -2.32. The first-order valence-corrected chi connectivity index (χ1v) is 12.0. The molecular weight excluding hydrogens is 479 g/mol. The summed E-state index contributed by atoms with van der Waals surface area (Å²) >= 11 is 0. The van der Waals surface area contributed by atoms with E-state index >= 15 is 4.39 Å².